The fourth-order valence-corrected chi connectivity index (χ4v) is 1.58. The second-order valence-corrected chi connectivity index (χ2v) is 3.81. The molecule has 0 heterocycles. The molecular formula is C15H14O4. The number of carbonyl (C=O) groups is 1. The highest BCUT2D eigenvalue weighted by Crippen LogP contribution is 2.27. The van der Waals surface area contributed by atoms with Crippen LogP contribution in [0.4, 0.5) is 0 Å². The van der Waals surface area contributed by atoms with Gasteiger partial charge in [0, 0.05) is 0 Å². The van der Waals surface area contributed by atoms with Gasteiger partial charge in [-0.05, 0) is 37.3 Å². The lowest BCUT2D eigenvalue weighted by atomic mass is 10.2. The number of hydrogen-bond donors (Lipinski definition) is 1. The normalized spacial score (nSPS) is 9.95. The van der Waals surface area contributed by atoms with Gasteiger partial charge < -0.3 is 14.6 Å². The number of esters is 1. The Morgan fingerprint density at radius 1 is 1.11 bits per heavy atom. The van der Waals surface area contributed by atoms with Crippen molar-refractivity contribution < 1.29 is 19.4 Å². The Morgan fingerprint density at radius 3 is 2.53 bits per heavy atom. The number of aromatic hydroxyl groups is 1. The molecule has 0 aliphatic carbocycles. The van der Waals surface area contributed by atoms with Crippen LogP contribution in [0.15, 0.2) is 48.5 Å². The first-order chi connectivity index (χ1) is 9.20. The van der Waals surface area contributed by atoms with Gasteiger partial charge in [0.15, 0.2) is 0 Å². The third-order valence-electron chi connectivity index (χ3n) is 2.44. The van der Waals surface area contributed by atoms with Crippen molar-refractivity contribution in [2.75, 3.05) is 6.61 Å². The predicted octanol–water partition coefficient (Wildman–Crippen LogP) is 3.36. The number of phenolic OH excluding ortho intramolecular Hbond substituents is 1. The predicted molar refractivity (Wildman–Crippen MR) is 70.6 cm³/mol. The maximum absolute atomic E-state index is 11.6. The smallest absolute Gasteiger partial charge is 0.342 e. The van der Waals surface area contributed by atoms with Gasteiger partial charge in [0.25, 0.3) is 0 Å². The average molecular weight is 258 g/mol. The van der Waals surface area contributed by atoms with Gasteiger partial charge in [0.05, 0.1) is 6.61 Å². The van der Waals surface area contributed by atoms with Crippen LogP contribution in [0.3, 0.4) is 0 Å². The minimum atomic E-state index is -0.571. The van der Waals surface area contributed by atoms with Crippen molar-refractivity contribution >= 4 is 5.97 Å². The number of benzene rings is 2. The minimum absolute atomic E-state index is 0.0929. The molecule has 0 aliphatic rings. The summed E-state index contributed by atoms with van der Waals surface area (Å²) in [5.74, 6) is 0.424. The maximum Gasteiger partial charge on any atom is 0.342 e. The molecular weight excluding hydrogens is 244 g/mol. The molecule has 4 nitrogen and oxygen atoms in total. The number of phenols is 1. The molecule has 0 bridgehead atoms. The lowest BCUT2D eigenvalue weighted by molar-refractivity contribution is 0.0522. The molecule has 19 heavy (non-hydrogen) atoms. The molecule has 0 spiro atoms. The number of para-hydroxylation sites is 1. The first-order valence-electron chi connectivity index (χ1n) is 5.93. The molecule has 0 aromatic heterocycles. The van der Waals surface area contributed by atoms with Crippen molar-refractivity contribution in [1.82, 2.24) is 0 Å². The van der Waals surface area contributed by atoms with Crippen LogP contribution in [0.2, 0.25) is 0 Å². The van der Waals surface area contributed by atoms with Crippen molar-refractivity contribution in [1.29, 1.82) is 0 Å². The highest BCUT2D eigenvalue weighted by atomic mass is 16.5. The summed E-state index contributed by atoms with van der Waals surface area (Å²) < 4.78 is 10.4. The van der Waals surface area contributed by atoms with Gasteiger partial charge in [0.2, 0.25) is 0 Å². The summed E-state index contributed by atoms with van der Waals surface area (Å²) in [6.07, 6.45) is 0. The second-order valence-electron chi connectivity index (χ2n) is 3.81. The summed E-state index contributed by atoms with van der Waals surface area (Å²) in [6, 6.07) is 13.6. The summed E-state index contributed by atoms with van der Waals surface area (Å²) in [5, 5.41) is 9.64. The first-order valence-corrected chi connectivity index (χ1v) is 5.93. The van der Waals surface area contributed by atoms with Crippen molar-refractivity contribution in [2.24, 2.45) is 0 Å². The van der Waals surface area contributed by atoms with E-state index in [-0.39, 0.29) is 17.9 Å². The zero-order valence-electron chi connectivity index (χ0n) is 10.5. The SMILES string of the molecule is CCOC(=O)c1cc(Oc2ccccc2)ccc1O. The molecule has 0 fully saturated rings. The Hall–Kier alpha value is -2.49. The van der Waals surface area contributed by atoms with Crippen molar-refractivity contribution in [2.45, 2.75) is 6.92 Å². The van der Waals surface area contributed by atoms with Gasteiger partial charge in [-0.1, -0.05) is 18.2 Å². The minimum Gasteiger partial charge on any atom is -0.507 e. The summed E-state index contributed by atoms with van der Waals surface area (Å²) in [4.78, 5) is 11.6. The fraction of sp³-hybridized carbons (Fsp3) is 0.133. The highest BCUT2D eigenvalue weighted by molar-refractivity contribution is 5.92. The molecule has 0 aliphatic heterocycles. The van der Waals surface area contributed by atoms with Crippen LogP contribution in [-0.4, -0.2) is 17.7 Å². The van der Waals surface area contributed by atoms with E-state index >= 15 is 0 Å². The summed E-state index contributed by atoms with van der Waals surface area (Å²) in [7, 11) is 0. The van der Waals surface area contributed by atoms with Crippen LogP contribution >= 0.6 is 0 Å². The van der Waals surface area contributed by atoms with E-state index in [4.69, 9.17) is 9.47 Å². The number of ether oxygens (including phenoxy) is 2. The number of hydrogen-bond acceptors (Lipinski definition) is 4. The lowest BCUT2D eigenvalue weighted by Gasteiger charge is -2.08. The van der Waals surface area contributed by atoms with Gasteiger partial charge in [0.1, 0.15) is 22.8 Å². The van der Waals surface area contributed by atoms with E-state index in [0.29, 0.717) is 11.5 Å². The molecule has 0 amide bonds. The Balaban J connectivity index is 2.23. The van der Waals surface area contributed by atoms with Crippen LogP contribution in [-0.2, 0) is 4.74 Å². The molecule has 0 unspecified atom stereocenters. The van der Waals surface area contributed by atoms with Crippen LogP contribution in [0.5, 0.6) is 17.2 Å². The van der Waals surface area contributed by atoms with E-state index in [1.165, 1.54) is 12.1 Å². The van der Waals surface area contributed by atoms with Gasteiger partial charge in [-0.15, -0.1) is 0 Å². The largest absolute Gasteiger partial charge is 0.507 e. The summed E-state index contributed by atoms with van der Waals surface area (Å²) in [5.41, 5.74) is 0.0929. The summed E-state index contributed by atoms with van der Waals surface area (Å²) in [6.45, 7) is 1.96. The van der Waals surface area contributed by atoms with E-state index in [9.17, 15) is 9.90 Å². The van der Waals surface area contributed by atoms with Crippen LogP contribution in [0.25, 0.3) is 0 Å². The van der Waals surface area contributed by atoms with Gasteiger partial charge >= 0.3 is 5.97 Å². The van der Waals surface area contributed by atoms with E-state index in [0.717, 1.165) is 0 Å². The van der Waals surface area contributed by atoms with Crippen LogP contribution in [0, 0.1) is 0 Å². The van der Waals surface area contributed by atoms with E-state index in [1.807, 2.05) is 18.2 Å². The lowest BCUT2D eigenvalue weighted by Crippen LogP contribution is -2.05. The molecule has 0 saturated heterocycles. The molecule has 2 aromatic carbocycles. The van der Waals surface area contributed by atoms with Crippen molar-refractivity contribution in [3.8, 4) is 17.2 Å². The quantitative estimate of drug-likeness (QED) is 0.854. The molecule has 4 heteroatoms. The van der Waals surface area contributed by atoms with Crippen LogP contribution < -0.4 is 4.74 Å². The standard InChI is InChI=1S/C15H14O4/c1-2-18-15(17)13-10-12(8-9-14(13)16)19-11-6-4-3-5-7-11/h3-10,16H,2H2,1H3. The van der Waals surface area contributed by atoms with Crippen molar-refractivity contribution in [3.05, 3.63) is 54.1 Å². The first kappa shape index (κ1) is 13.0. The molecule has 0 radical (unpaired) electrons. The Labute approximate surface area is 111 Å². The van der Waals surface area contributed by atoms with E-state index in [1.54, 1.807) is 25.1 Å². The summed E-state index contributed by atoms with van der Waals surface area (Å²) >= 11 is 0. The molecule has 2 aromatic rings. The van der Waals surface area contributed by atoms with Crippen LogP contribution in [0.1, 0.15) is 17.3 Å². The molecule has 98 valence electrons. The zero-order valence-corrected chi connectivity index (χ0v) is 10.5. The fourth-order valence-electron chi connectivity index (χ4n) is 1.58. The number of rotatable bonds is 4. The number of carbonyl (C=O) groups excluding carboxylic acids is 1. The Bertz CT molecular complexity index is 564. The van der Waals surface area contributed by atoms with Gasteiger partial charge in [-0.25, -0.2) is 4.79 Å². The van der Waals surface area contributed by atoms with Crippen molar-refractivity contribution in [3.63, 3.8) is 0 Å². The molecule has 0 atom stereocenters. The highest BCUT2D eigenvalue weighted by Gasteiger charge is 2.13. The average Bonchev–Trinajstić information content (AvgIpc) is 2.42. The Morgan fingerprint density at radius 2 is 1.84 bits per heavy atom. The maximum atomic E-state index is 11.6. The van der Waals surface area contributed by atoms with E-state index < -0.39 is 5.97 Å². The monoisotopic (exact) mass is 258 g/mol. The van der Waals surface area contributed by atoms with Gasteiger partial charge in [-0.2, -0.15) is 0 Å². The zero-order chi connectivity index (χ0) is 13.7. The van der Waals surface area contributed by atoms with E-state index in [2.05, 4.69) is 0 Å². The Kier molecular flexibility index (Phi) is 4.03. The van der Waals surface area contributed by atoms with Gasteiger partial charge in [-0.3, -0.25) is 0 Å². The topological polar surface area (TPSA) is 55.8 Å². The third-order valence-corrected chi connectivity index (χ3v) is 2.44. The molecule has 0 saturated carbocycles. The molecule has 1 N–H and O–H groups in total. The second kappa shape index (κ2) is 5.91. The third kappa shape index (κ3) is 3.25. The molecule has 2 rings (SSSR count).